The van der Waals surface area contributed by atoms with E-state index in [-0.39, 0.29) is 5.92 Å². The quantitative estimate of drug-likeness (QED) is 0.861. The summed E-state index contributed by atoms with van der Waals surface area (Å²) < 4.78 is 5.40. The molecular formula is C19H23N3O2. The number of amides is 1. The van der Waals surface area contributed by atoms with Gasteiger partial charge >= 0.3 is 0 Å². The van der Waals surface area contributed by atoms with Gasteiger partial charge in [-0.15, -0.1) is 0 Å². The molecule has 24 heavy (non-hydrogen) atoms. The SMILES string of the molecule is O=C(CC1CCCCC1)N1CC(c2nc(-c3ccccc3)no2)C1. The van der Waals surface area contributed by atoms with Gasteiger partial charge in [0.1, 0.15) is 0 Å². The van der Waals surface area contributed by atoms with Gasteiger partial charge in [-0.1, -0.05) is 54.8 Å². The number of aromatic nitrogens is 2. The van der Waals surface area contributed by atoms with Crippen LogP contribution in [0.4, 0.5) is 0 Å². The maximum atomic E-state index is 12.4. The summed E-state index contributed by atoms with van der Waals surface area (Å²) >= 11 is 0. The number of benzene rings is 1. The Morgan fingerprint density at radius 2 is 1.88 bits per heavy atom. The highest BCUT2D eigenvalue weighted by Gasteiger charge is 2.36. The lowest BCUT2D eigenvalue weighted by Gasteiger charge is -2.38. The number of nitrogens with zero attached hydrogens (tertiary/aromatic N) is 3. The van der Waals surface area contributed by atoms with Crippen LogP contribution in [-0.4, -0.2) is 34.0 Å². The molecule has 4 rings (SSSR count). The zero-order chi connectivity index (χ0) is 16.4. The maximum Gasteiger partial charge on any atom is 0.233 e. The van der Waals surface area contributed by atoms with E-state index >= 15 is 0 Å². The first-order valence-corrected chi connectivity index (χ1v) is 8.96. The van der Waals surface area contributed by atoms with Gasteiger partial charge in [0.05, 0.1) is 5.92 Å². The smallest absolute Gasteiger partial charge is 0.233 e. The second-order valence-electron chi connectivity index (χ2n) is 7.03. The summed E-state index contributed by atoms with van der Waals surface area (Å²) in [6.45, 7) is 1.42. The van der Waals surface area contributed by atoms with Crippen LogP contribution >= 0.6 is 0 Å². The Morgan fingerprint density at radius 3 is 2.62 bits per heavy atom. The summed E-state index contributed by atoms with van der Waals surface area (Å²) in [4.78, 5) is 18.8. The van der Waals surface area contributed by atoms with Crippen LogP contribution in [-0.2, 0) is 4.79 Å². The molecule has 1 aromatic carbocycles. The fourth-order valence-corrected chi connectivity index (χ4v) is 3.71. The van der Waals surface area contributed by atoms with Crippen LogP contribution in [0.2, 0.25) is 0 Å². The van der Waals surface area contributed by atoms with Crippen molar-refractivity contribution in [3.63, 3.8) is 0 Å². The molecule has 5 nitrogen and oxygen atoms in total. The Balaban J connectivity index is 1.31. The first-order chi connectivity index (χ1) is 11.8. The molecule has 0 spiro atoms. The minimum atomic E-state index is 0.185. The molecule has 1 aromatic heterocycles. The number of carbonyl (C=O) groups is 1. The molecule has 126 valence electrons. The monoisotopic (exact) mass is 325 g/mol. The van der Waals surface area contributed by atoms with Crippen LogP contribution in [0.5, 0.6) is 0 Å². The number of carbonyl (C=O) groups excluding carboxylic acids is 1. The van der Waals surface area contributed by atoms with Gasteiger partial charge in [0.15, 0.2) is 0 Å². The van der Waals surface area contributed by atoms with E-state index in [0.717, 1.165) is 5.56 Å². The molecule has 5 heteroatoms. The molecule has 1 aliphatic heterocycles. The van der Waals surface area contributed by atoms with E-state index < -0.39 is 0 Å². The topological polar surface area (TPSA) is 59.2 Å². The van der Waals surface area contributed by atoms with Gasteiger partial charge in [-0.3, -0.25) is 4.79 Å². The molecule has 2 heterocycles. The fourth-order valence-electron chi connectivity index (χ4n) is 3.71. The maximum absolute atomic E-state index is 12.4. The van der Waals surface area contributed by atoms with Crippen molar-refractivity contribution in [3.8, 4) is 11.4 Å². The summed E-state index contributed by atoms with van der Waals surface area (Å²) in [6, 6.07) is 9.82. The average Bonchev–Trinajstić information content (AvgIpc) is 3.05. The van der Waals surface area contributed by atoms with Crippen molar-refractivity contribution in [1.82, 2.24) is 15.0 Å². The van der Waals surface area contributed by atoms with Crippen LogP contribution in [0, 0.1) is 5.92 Å². The molecule has 1 saturated carbocycles. The molecular weight excluding hydrogens is 302 g/mol. The summed E-state index contributed by atoms with van der Waals surface area (Å²) in [5.74, 6) is 2.35. The zero-order valence-electron chi connectivity index (χ0n) is 13.9. The third-order valence-electron chi connectivity index (χ3n) is 5.25. The highest BCUT2D eigenvalue weighted by molar-refractivity contribution is 5.77. The van der Waals surface area contributed by atoms with Crippen molar-refractivity contribution in [1.29, 1.82) is 0 Å². The first kappa shape index (κ1) is 15.4. The Labute approximate surface area is 142 Å². The number of likely N-dealkylation sites (tertiary alicyclic amines) is 1. The van der Waals surface area contributed by atoms with Crippen molar-refractivity contribution < 1.29 is 9.32 Å². The number of rotatable bonds is 4. The van der Waals surface area contributed by atoms with Gasteiger partial charge in [-0.05, 0) is 18.8 Å². The summed E-state index contributed by atoms with van der Waals surface area (Å²) in [7, 11) is 0. The summed E-state index contributed by atoms with van der Waals surface area (Å²) in [5, 5.41) is 4.06. The molecule has 0 N–H and O–H groups in total. The van der Waals surface area contributed by atoms with Crippen LogP contribution in [0.25, 0.3) is 11.4 Å². The van der Waals surface area contributed by atoms with E-state index in [1.807, 2.05) is 35.2 Å². The Kier molecular flexibility index (Phi) is 4.32. The third kappa shape index (κ3) is 3.21. The molecule has 2 aromatic rings. The van der Waals surface area contributed by atoms with Gasteiger partial charge < -0.3 is 9.42 Å². The van der Waals surface area contributed by atoms with Gasteiger partial charge in [0.2, 0.25) is 17.6 Å². The molecule has 1 amide bonds. The van der Waals surface area contributed by atoms with Crippen molar-refractivity contribution in [2.24, 2.45) is 5.92 Å². The van der Waals surface area contributed by atoms with Crippen LogP contribution < -0.4 is 0 Å². The number of hydrogen-bond donors (Lipinski definition) is 0. The van der Waals surface area contributed by atoms with E-state index in [4.69, 9.17) is 4.52 Å². The zero-order valence-corrected chi connectivity index (χ0v) is 13.9. The highest BCUT2D eigenvalue weighted by atomic mass is 16.5. The predicted molar refractivity (Wildman–Crippen MR) is 90.2 cm³/mol. The van der Waals surface area contributed by atoms with E-state index in [1.165, 1.54) is 32.1 Å². The summed E-state index contributed by atoms with van der Waals surface area (Å²) in [5.41, 5.74) is 0.956. The Bertz CT molecular complexity index is 686. The van der Waals surface area contributed by atoms with Crippen molar-refractivity contribution in [2.75, 3.05) is 13.1 Å². The van der Waals surface area contributed by atoms with E-state index in [2.05, 4.69) is 10.1 Å². The van der Waals surface area contributed by atoms with Crippen LogP contribution in [0.15, 0.2) is 34.9 Å². The largest absolute Gasteiger partial charge is 0.341 e. The highest BCUT2D eigenvalue weighted by Crippen LogP contribution is 2.31. The second kappa shape index (κ2) is 6.75. The van der Waals surface area contributed by atoms with Gasteiger partial charge in [0, 0.05) is 25.1 Å². The molecule has 1 saturated heterocycles. The van der Waals surface area contributed by atoms with Crippen molar-refractivity contribution in [2.45, 2.75) is 44.4 Å². The molecule has 2 aliphatic rings. The molecule has 0 radical (unpaired) electrons. The second-order valence-corrected chi connectivity index (χ2v) is 7.03. The van der Waals surface area contributed by atoms with E-state index in [1.54, 1.807) is 0 Å². The Hall–Kier alpha value is -2.17. The van der Waals surface area contributed by atoms with Gasteiger partial charge in [0.25, 0.3) is 0 Å². The number of hydrogen-bond acceptors (Lipinski definition) is 4. The first-order valence-electron chi connectivity index (χ1n) is 8.96. The lowest BCUT2D eigenvalue weighted by molar-refractivity contribution is -0.137. The molecule has 0 unspecified atom stereocenters. The molecule has 0 atom stereocenters. The van der Waals surface area contributed by atoms with Crippen molar-refractivity contribution >= 4 is 5.91 Å². The van der Waals surface area contributed by atoms with Crippen LogP contribution in [0.3, 0.4) is 0 Å². The minimum Gasteiger partial charge on any atom is -0.341 e. The third-order valence-corrected chi connectivity index (χ3v) is 5.25. The average molecular weight is 325 g/mol. The lowest BCUT2D eigenvalue weighted by atomic mass is 9.86. The minimum absolute atomic E-state index is 0.185. The Morgan fingerprint density at radius 1 is 1.12 bits per heavy atom. The fraction of sp³-hybridized carbons (Fsp3) is 0.526. The van der Waals surface area contributed by atoms with E-state index in [0.29, 0.717) is 43.1 Å². The summed E-state index contributed by atoms with van der Waals surface area (Å²) in [6.07, 6.45) is 7.04. The van der Waals surface area contributed by atoms with Crippen LogP contribution in [0.1, 0.15) is 50.3 Å². The molecule has 1 aliphatic carbocycles. The predicted octanol–water partition coefficient (Wildman–Crippen LogP) is 3.63. The van der Waals surface area contributed by atoms with Crippen molar-refractivity contribution in [3.05, 3.63) is 36.2 Å². The lowest BCUT2D eigenvalue weighted by Crippen LogP contribution is -2.49. The standard InChI is InChI=1S/C19H23N3O2/c23-17(11-14-7-3-1-4-8-14)22-12-16(13-22)19-20-18(21-24-19)15-9-5-2-6-10-15/h2,5-6,9-10,14,16H,1,3-4,7-8,11-13H2. The van der Waals surface area contributed by atoms with E-state index in [9.17, 15) is 4.79 Å². The molecule has 0 bridgehead atoms. The normalized spacial score (nSPS) is 19.2. The molecule has 2 fully saturated rings. The van der Waals surface area contributed by atoms with Gasteiger partial charge in [-0.25, -0.2) is 0 Å². The van der Waals surface area contributed by atoms with Gasteiger partial charge in [-0.2, -0.15) is 4.98 Å².